The second-order valence-corrected chi connectivity index (χ2v) is 4.34. The Balaban J connectivity index is 2.63. The maximum atomic E-state index is 5.93. The molecule has 0 aliphatic heterocycles. The number of rotatable bonds is 3. The van der Waals surface area contributed by atoms with Crippen molar-refractivity contribution in [3.8, 4) is 0 Å². The van der Waals surface area contributed by atoms with Crippen LogP contribution in [-0.4, -0.2) is 9.55 Å². The van der Waals surface area contributed by atoms with E-state index < -0.39 is 0 Å². The zero-order valence-corrected chi connectivity index (χ0v) is 9.96. The van der Waals surface area contributed by atoms with Crippen molar-refractivity contribution < 1.29 is 0 Å². The number of benzene rings is 1. The average Bonchev–Trinajstić information content (AvgIpc) is 2.55. The number of nitrogens with two attached hydrogens (primary N) is 1. The van der Waals surface area contributed by atoms with E-state index in [1.165, 1.54) is 0 Å². The van der Waals surface area contributed by atoms with Gasteiger partial charge in [-0.2, -0.15) is 0 Å². The lowest BCUT2D eigenvalue weighted by atomic mass is 10.3. The first-order chi connectivity index (χ1) is 7.61. The van der Waals surface area contributed by atoms with Gasteiger partial charge in [0.1, 0.15) is 5.82 Å². The highest BCUT2D eigenvalue weighted by Crippen LogP contribution is 2.21. The van der Waals surface area contributed by atoms with Crippen molar-refractivity contribution >= 4 is 22.6 Å². The minimum atomic E-state index is 0.416. The van der Waals surface area contributed by atoms with Gasteiger partial charge in [0.05, 0.1) is 17.6 Å². The molecule has 0 atom stereocenters. The van der Waals surface area contributed by atoms with Crippen LogP contribution in [0.3, 0.4) is 0 Å². The van der Waals surface area contributed by atoms with Gasteiger partial charge in [-0.05, 0) is 25.1 Å². The van der Waals surface area contributed by atoms with Crippen molar-refractivity contribution in [2.24, 2.45) is 5.73 Å². The molecule has 0 bridgehead atoms. The van der Waals surface area contributed by atoms with Crippen molar-refractivity contribution in [2.45, 2.75) is 20.0 Å². The van der Waals surface area contributed by atoms with Crippen LogP contribution in [0.1, 0.15) is 12.7 Å². The van der Waals surface area contributed by atoms with Crippen LogP contribution < -0.4 is 5.73 Å². The molecule has 0 aliphatic carbocycles. The molecule has 0 unspecified atom stereocenters. The summed E-state index contributed by atoms with van der Waals surface area (Å²) in [5, 5.41) is 0.691. The predicted octanol–water partition coefficient (Wildman–Crippen LogP) is 2.72. The summed E-state index contributed by atoms with van der Waals surface area (Å²) in [4.78, 5) is 4.46. The third kappa shape index (κ3) is 1.96. The summed E-state index contributed by atoms with van der Waals surface area (Å²) in [6.07, 6.45) is 0. The quantitative estimate of drug-likeness (QED) is 0.832. The lowest BCUT2D eigenvalue weighted by Crippen LogP contribution is -2.08. The van der Waals surface area contributed by atoms with Crippen molar-refractivity contribution in [1.29, 1.82) is 0 Å². The van der Waals surface area contributed by atoms with Gasteiger partial charge in [-0.15, -0.1) is 0 Å². The molecule has 3 nitrogen and oxygen atoms in total. The maximum absolute atomic E-state index is 5.93. The van der Waals surface area contributed by atoms with E-state index in [1.807, 2.05) is 25.1 Å². The lowest BCUT2D eigenvalue weighted by molar-refractivity contribution is 0.736. The van der Waals surface area contributed by atoms with Crippen LogP contribution in [0, 0.1) is 0 Å². The summed E-state index contributed by atoms with van der Waals surface area (Å²) in [6.45, 7) is 7.06. The summed E-state index contributed by atoms with van der Waals surface area (Å²) in [7, 11) is 0. The molecule has 2 aromatic rings. The number of fused-ring (bicyclic) bond motifs is 1. The minimum Gasteiger partial charge on any atom is -0.324 e. The van der Waals surface area contributed by atoms with Crippen molar-refractivity contribution in [3.63, 3.8) is 0 Å². The molecular formula is C12H14ClN3. The Morgan fingerprint density at radius 3 is 2.94 bits per heavy atom. The molecule has 0 spiro atoms. The Morgan fingerprint density at radius 1 is 1.56 bits per heavy atom. The van der Waals surface area contributed by atoms with E-state index >= 15 is 0 Å². The highest BCUT2D eigenvalue weighted by molar-refractivity contribution is 6.31. The zero-order valence-electron chi connectivity index (χ0n) is 9.20. The van der Waals surface area contributed by atoms with Gasteiger partial charge in [-0.1, -0.05) is 23.8 Å². The van der Waals surface area contributed by atoms with Gasteiger partial charge in [-0.25, -0.2) is 4.98 Å². The van der Waals surface area contributed by atoms with Crippen LogP contribution in [0.2, 0.25) is 5.02 Å². The fourth-order valence-electron chi connectivity index (χ4n) is 1.76. The zero-order chi connectivity index (χ0) is 11.7. The van der Waals surface area contributed by atoms with Gasteiger partial charge in [-0.3, -0.25) is 0 Å². The fourth-order valence-corrected chi connectivity index (χ4v) is 1.92. The average molecular weight is 236 g/mol. The Hall–Kier alpha value is -1.32. The summed E-state index contributed by atoms with van der Waals surface area (Å²) >= 11 is 5.93. The first-order valence-corrected chi connectivity index (χ1v) is 5.48. The van der Waals surface area contributed by atoms with Gasteiger partial charge >= 0.3 is 0 Å². The van der Waals surface area contributed by atoms with Crippen LogP contribution in [0.4, 0.5) is 0 Å². The lowest BCUT2D eigenvalue weighted by Gasteiger charge is -2.07. The fraction of sp³-hybridized carbons (Fsp3) is 0.250. The van der Waals surface area contributed by atoms with E-state index in [4.69, 9.17) is 17.3 Å². The molecule has 4 heteroatoms. The number of halogens is 1. The second-order valence-electron chi connectivity index (χ2n) is 3.91. The number of allylic oxidation sites excluding steroid dienone is 1. The van der Waals surface area contributed by atoms with Gasteiger partial charge in [0.25, 0.3) is 0 Å². The summed E-state index contributed by atoms with van der Waals surface area (Å²) in [6, 6.07) is 5.68. The van der Waals surface area contributed by atoms with Gasteiger partial charge in [0, 0.05) is 11.6 Å². The molecule has 0 fully saturated rings. The van der Waals surface area contributed by atoms with E-state index in [2.05, 4.69) is 16.1 Å². The number of hydrogen-bond acceptors (Lipinski definition) is 2. The van der Waals surface area contributed by atoms with Crippen molar-refractivity contribution in [3.05, 3.63) is 41.2 Å². The first-order valence-electron chi connectivity index (χ1n) is 5.11. The van der Waals surface area contributed by atoms with Crippen LogP contribution in [-0.2, 0) is 13.1 Å². The van der Waals surface area contributed by atoms with Crippen LogP contribution in [0.25, 0.3) is 11.0 Å². The molecule has 0 radical (unpaired) electrons. The minimum absolute atomic E-state index is 0.416. The molecule has 0 saturated heterocycles. The first kappa shape index (κ1) is 11.2. The number of imidazole rings is 1. The van der Waals surface area contributed by atoms with Crippen molar-refractivity contribution in [2.75, 3.05) is 0 Å². The Kier molecular flexibility index (Phi) is 2.99. The molecule has 1 aromatic heterocycles. The largest absolute Gasteiger partial charge is 0.324 e. The topological polar surface area (TPSA) is 43.8 Å². The molecule has 0 amide bonds. The highest BCUT2D eigenvalue weighted by Gasteiger charge is 2.09. The van der Waals surface area contributed by atoms with E-state index in [0.29, 0.717) is 11.6 Å². The van der Waals surface area contributed by atoms with E-state index in [1.54, 1.807) is 0 Å². The number of hydrogen-bond donors (Lipinski definition) is 1. The number of nitrogens with zero attached hydrogens (tertiary/aromatic N) is 2. The summed E-state index contributed by atoms with van der Waals surface area (Å²) in [5.41, 5.74) is 8.69. The summed E-state index contributed by atoms with van der Waals surface area (Å²) < 4.78 is 2.08. The van der Waals surface area contributed by atoms with Crippen molar-refractivity contribution in [1.82, 2.24) is 9.55 Å². The third-order valence-electron chi connectivity index (χ3n) is 2.40. The molecule has 1 aromatic carbocycles. The predicted molar refractivity (Wildman–Crippen MR) is 67.4 cm³/mol. The molecule has 16 heavy (non-hydrogen) atoms. The molecule has 1 heterocycles. The maximum Gasteiger partial charge on any atom is 0.123 e. The third-order valence-corrected chi connectivity index (χ3v) is 2.64. The van der Waals surface area contributed by atoms with Gasteiger partial charge in [0.2, 0.25) is 0 Å². The van der Waals surface area contributed by atoms with E-state index in [9.17, 15) is 0 Å². The Bertz CT molecular complexity index is 542. The normalized spacial score (nSPS) is 10.9. The van der Waals surface area contributed by atoms with E-state index in [0.717, 1.165) is 29.0 Å². The molecule has 0 aliphatic rings. The van der Waals surface area contributed by atoms with Crippen LogP contribution in [0.5, 0.6) is 0 Å². The Morgan fingerprint density at radius 2 is 2.31 bits per heavy atom. The van der Waals surface area contributed by atoms with Gasteiger partial charge < -0.3 is 10.3 Å². The van der Waals surface area contributed by atoms with Crippen LogP contribution >= 0.6 is 11.6 Å². The standard InChI is InChI=1S/C12H14ClN3/c1-8(2)7-16-11-4-3-9(13)5-10(11)15-12(16)6-14/h3-5H,1,6-7,14H2,2H3. The smallest absolute Gasteiger partial charge is 0.123 e. The SMILES string of the molecule is C=C(C)Cn1c(CN)nc2cc(Cl)ccc21. The molecular weight excluding hydrogens is 222 g/mol. The molecule has 2 N–H and O–H groups in total. The van der Waals surface area contributed by atoms with E-state index in [-0.39, 0.29) is 0 Å². The van der Waals surface area contributed by atoms with Crippen LogP contribution in [0.15, 0.2) is 30.4 Å². The molecule has 0 saturated carbocycles. The number of aromatic nitrogens is 2. The molecule has 84 valence electrons. The molecule has 2 rings (SSSR count). The second kappa shape index (κ2) is 4.28. The van der Waals surface area contributed by atoms with Gasteiger partial charge in [0.15, 0.2) is 0 Å². The Labute approximate surface area is 99.5 Å². The summed E-state index contributed by atoms with van der Waals surface area (Å²) in [5.74, 6) is 0.861. The highest BCUT2D eigenvalue weighted by atomic mass is 35.5. The monoisotopic (exact) mass is 235 g/mol.